The van der Waals surface area contributed by atoms with E-state index >= 15 is 0 Å². The highest BCUT2D eigenvalue weighted by atomic mass is 14.1. The van der Waals surface area contributed by atoms with Crippen LogP contribution in [-0.2, 0) is 19.3 Å². The number of benzene rings is 2. The van der Waals surface area contributed by atoms with Gasteiger partial charge in [-0.05, 0) is 56.2 Å². The number of hydrogen-bond acceptors (Lipinski definition) is 0. The second-order valence-electron chi connectivity index (χ2n) is 6.07. The van der Waals surface area contributed by atoms with Crippen LogP contribution in [-0.4, -0.2) is 0 Å². The van der Waals surface area contributed by atoms with Gasteiger partial charge < -0.3 is 0 Å². The molecule has 22 heavy (non-hydrogen) atoms. The number of unbranched alkanes of at least 4 members (excludes halogenated alkanes) is 1. The topological polar surface area (TPSA) is 0 Å². The third kappa shape index (κ3) is 6.47. The lowest BCUT2D eigenvalue weighted by Crippen LogP contribution is -1.93. The van der Waals surface area contributed by atoms with E-state index in [2.05, 4.69) is 77.1 Å². The Morgan fingerprint density at radius 3 is 1.86 bits per heavy atom. The summed E-state index contributed by atoms with van der Waals surface area (Å²) >= 11 is 0. The van der Waals surface area contributed by atoms with Crippen molar-refractivity contribution in [3.63, 3.8) is 0 Å². The molecule has 0 saturated heterocycles. The molecule has 0 nitrogen and oxygen atoms in total. The average molecular weight is 296 g/mol. The normalized spacial score (nSPS) is 10.0. The maximum absolute atomic E-state index is 2.34. The molecule has 0 aliphatic rings. The highest BCUT2D eigenvalue weighted by Gasteiger charge is 1.99. The quantitative estimate of drug-likeness (QED) is 0.594. The maximum atomic E-state index is 2.34. The number of aryl methyl sites for hydroxylation is 5. The molecule has 0 saturated carbocycles. The van der Waals surface area contributed by atoms with Crippen LogP contribution >= 0.6 is 0 Å². The highest BCUT2D eigenvalue weighted by molar-refractivity contribution is 5.31. The SMILES string of the molecule is CCCCc1cc(C)ccc1CC.CCc1ccc(C)cc1. The molecule has 0 atom stereocenters. The van der Waals surface area contributed by atoms with Gasteiger partial charge in [-0.2, -0.15) is 0 Å². The monoisotopic (exact) mass is 296 g/mol. The van der Waals surface area contributed by atoms with Crippen molar-refractivity contribution in [2.24, 2.45) is 0 Å². The Morgan fingerprint density at radius 1 is 0.682 bits per heavy atom. The van der Waals surface area contributed by atoms with E-state index in [1.165, 1.54) is 47.9 Å². The first-order chi connectivity index (χ1) is 10.6. The Bertz CT molecular complexity index is 534. The summed E-state index contributed by atoms with van der Waals surface area (Å²) in [4.78, 5) is 0. The third-order valence-electron chi connectivity index (χ3n) is 4.07. The van der Waals surface area contributed by atoms with E-state index in [0.717, 1.165) is 6.42 Å². The van der Waals surface area contributed by atoms with Crippen LogP contribution in [0.25, 0.3) is 0 Å². The molecule has 0 bridgehead atoms. The lowest BCUT2D eigenvalue weighted by atomic mass is 9.98. The summed E-state index contributed by atoms with van der Waals surface area (Å²) in [5.74, 6) is 0. The Labute approximate surface area is 137 Å². The van der Waals surface area contributed by atoms with Gasteiger partial charge in [0.1, 0.15) is 0 Å². The summed E-state index contributed by atoms with van der Waals surface area (Å²) in [5, 5.41) is 0. The molecule has 0 N–H and O–H groups in total. The molecule has 0 heteroatoms. The lowest BCUT2D eigenvalue weighted by molar-refractivity contribution is 0.786. The molecule has 2 aromatic carbocycles. The van der Waals surface area contributed by atoms with Gasteiger partial charge in [0.25, 0.3) is 0 Å². The fraction of sp³-hybridized carbons (Fsp3) is 0.455. The van der Waals surface area contributed by atoms with Crippen molar-refractivity contribution in [3.05, 3.63) is 70.3 Å². The summed E-state index contributed by atoms with van der Waals surface area (Å²) in [7, 11) is 0. The van der Waals surface area contributed by atoms with Crippen molar-refractivity contribution in [1.82, 2.24) is 0 Å². The molecule has 2 rings (SSSR count). The minimum Gasteiger partial charge on any atom is -0.0654 e. The Morgan fingerprint density at radius 2 is 1.32 bits per heavy atom. The maximum Gasteiger partial charge on any atom is -0.0276 e. The van der Waals surface area contributed by atoms with Crippen LogP contribution in [0.15, 0.2) is 42.5 Å². The van der Waals surface area contributed by atoms with Crippen molar-refractivity contribution in [1.29, 1.82) is 0 Å². The fourth-order valence-electron chi connectivity index (χ4n) is 2.52. The first kappa shape index (κ1) is 18.5. The van der Waals surface area contributed by atoms with Crippen LogP contribution in [0.2, 0.25) is 0 Å². The van der Waals surface area contributed by atoms with Gasteiger partial charge in [-0.1, -0.05) is 80.8 Å². The van der Waals surface area contributed by atoms with Gasteiger partial charge in [0.2, 0.25) is 0 Å². The van der Waals surface area contributed by atoms with Crippen molar-refractivity contribution in [2.75, 3.05) is 0 Å². The molecule has 0 radical (unpaired) electrons. The van der Waals surface area contributed by atoms with Crippen LogP contribution in [0.3, 0.4) is 0 Å². The summed E-state index contributed by atoms with van der Waals surface area (Å²) in [5.41, 5.74) is 7.24. The van der Waals surface area contributed by atoms with Crippen LogP contribution in [0.5, 0.6) is 0 Å². The molecular formula is C22H32. The van der Waals surface area contributed by atoms with E-state index in [1.807, 2.05) is 0 Å². The molecule has 0 heterocycles. The molecule has 0 fully saturated rings. The average Bonchev–Trinajstić information content (AvgIpc) is 2.54. The van der Waals surface area contributed by atoms with E-state index in [0.29, 0.717) is 0 Å². The van der Waals surface area contributed by atoms with E-state index in [9.17, 15) is 0 Å². The van der Waals surface area contributed by atoms with E-state index in [-0.39, 0.29) is 0 Å². The molecule has 120 valence electrons. The predicted octanol–water partition coefficient (Wildman–Crippen LogP) is 6.46. The second kappa shape index (κ2) is 10.2. The summed E-state index contributed by atoms with van der Waals surface area (Å²) in [6.07, 6.45) is 6.16. The highest BCUT2D eigenvalue weighted by Crippen LogP contribution is 2.15. The van der Waals surface area contributed by atoms with Gasteiger partial charge in [0.05, 0.1) is 0 Å². The van der Waals surface area contributed by atoms with Crippen molar-refractivity contribution in [3.8, 4) is 0 Å². The van der Waals surface area contributed by atoms with Gasteiger partial charge in [0.15, 0.2) is 0 Å². The van der Waals surface area contributed by atoms with Crippen molar-refractivity contribution in [2.45, 2.75) is 66.7 Å². The van der Waals surface area contributed by atoms with Crippen LogP contribution in [0.4, 0.5) is 0 Å². The summed E-state index contributed by atoms with van der Waals surface area (Å²) in [6, 6.07) is 15.5. The molecule has 2 aromatic rings. The fourth-order valence-corrected chi connectivity index (χ4v) is 2.52. The first-order valence-electron chi connectivity index (χ1n) is 8.74. The third-order valence-corrected chi connectivity index (χ3v) is 4.07. The largest absolute Gasteiger partial charge is 0.0654 e. The van der Waals surface area contributed by atoms with Gasteiger partial charge in [-0.25, -0.2) is 0 Å². The van der Waals surface area contributed by atoms with Crippen LogP contribution < -0.4 is 0 Å². The zero-order valence-electron chi connectivity index (χ0n) is 15.1. The Balaban J connectivity index is 0.000000235. The van der Waals surface area contributed by atoms with Gasteiger partial charge in [-0.15, -0.1) is 0 Å². The molecule has 0 spiro atoms. The smallest absolute Gasteiger partial charge is 0.0276 e. The predicted molar refractivity (Wildman–Crippen MR) is 99.7 cm³/mol. The zero-order valence-corrected chi connectivity index (χ0v) is 15.1. The first-order valence-corrected chi connectivity index (χ1v) is 8.74. The molecule has 0 amide bonds. The minimum atomic E-state index is 1.14. The second-order valence-corrected chi connectivity index (χ2v) is 6.07. The minimum absolute atomic E-state index is 1.14. The van der Waals surface area contributed by atoms with E-state index in [1.54, 1.807) is 5.56 Å². The molecule has 0 aliphatic carbocycles. The number of rotatable bonds is 5. The molecule has 0 aromatic heterocycles. The molecule has 0 aliphatic heterocycles. The van der Waals surface area contributed by atoms with Gasteiger partial charge >= 0.3 is 0 Å². The summed E-state index contributed by atoms with van der Waals surface area (Å²) < 4.78 is 0. The molecular weight excluding hydrogens is 264 g/mol. The standard InChI is InChI=1S/C13H20.C9H12/c1-4-6-7-13-10-11(3)8-9-12(13)5-2;1-3-9-6-4-8(2)5-7-9/h8-10H,4-7H2,1-3H3;4-7H,3H2,1-2H3. The van der Waals surface area contributed by atoms with E-state index in [4.69, 9.17) is 0 Å². The molecule has 0 unspecified atom stereocenters. The lowest BCUT2D eigenvalue weighted by Gasteiger charge is -2.08. The Kier molecular flexibility index (Phi) is 8.58. The Hall–Kier alpha value is -1.56. The van der Waals surface area contributed by atoms with E-state index < -0.39 is 0 Å². The van der Waals surface area contributed by atoms with Crippen molar-refractivity contribution >= 4 is 0 Å². The number of hydrogen-bond donors (Lipinski definition) is 0. The van der Waals surface area contributed by atoms with Crippen LogP contribution in [0, 0.1) is 13.8 Å². The summed E-state index contributed by atoms with van der Waals surface area (Å²) in [6.45, 7) is 10.9. The van der Waals surface area contributed by atoms with Crippen LogP contribution in [0.1, 0.15) is 61.4 Å². The van der Waals surface area contributed by atoms with Crippen molar-refractivity contribution < 1.29 is 0 Å². The van der Waals surface area contributed by atoms with Gasteiger partial charge in [-0.3, -0.25) is 0 Å². The van der Waals surface area contributed by atoms with Gasteiger partial charge in [0, 0.05) is 0 Å². The zero-order chi connectivity index (χ0) is 16.4.